The number of rotatable bonds is 9. The fourth-order valence-corrected chi connectivity index (χ4v) is 3.76. The molecule has 0 amide bonds. The average molecular weight is 422 g/mol. The number of hydrogen-bond acceptors (Lipinski definition) is 4. The van der Waals surface area contributed by atoms with Crippen LogP contribution in [0.4, 0.5) is 0 Å². The first-order valence-corrected chi connectivity index (χ1v) is 10.8. The number of methoxy groups -OCH3 is 2. The highest BCUT2D eigenvalue weighted by atomic mass is 16.5. The van der Waals surface area contributed by atoms with Crippen molar-refractivity contribution < 1.29 is 14.2 Å². The van der Waals surface area contributed by atoms with Gasteiger partial charge in [-0.05, 0) is 36.9 Å². The van der Waals surface area contributed by atoms with Crippen molar-refractivity contribution in [2.75, 3.05) is 20.8 Å². The molecule has 0 spiro atoms. The Kier molecular flexibility index (Phi) is 10.2. The van der Waals surface area contributed by atoms with E-state index in [0.29, 0.717) is 5.82 Å². The summed E-state index contributed by atoms with van der Waals surface area (Å²) in [5.74, 6) is 2.30. The van der Waals surface area contributed by atoms with Gasteiger partial charge >= 0.3 is 0 Å². The maximum atomic E-state index is 5.53. The molecule has 0 radical (unpaired) electrons. The van der Waals surface area contributed by atoms with Gasteiger partial charge in [0.15, 0.2) is 0 Å². The predicted molar refractivity (Wildman–Crippen MR) is 129 cm³/mol. The molecule has 2 aromatic carbocycles. The normalized spacial score (nSPS) is 11.5. The fraction of sp³-hybridized carbons (Fsp3) is 0.400. The van der Waals surface area contributed by atoms with Crippen LogP contribution in [0.25, 0.3) is 0 Å². The van der Waals surface area contributed by atoms with Gasteiger partial charge in [0.05, 0.1) is 26.7 Å². The van der Waals surface area contributed by atoms with Crippen molar-refractivity contribution in [3.05, 3.63) is 67.3 Å². The summed E-state index contributed by atoms with van der Waals surface area (Å²) < 4.78 is 18.4. The van der Waals surface area contributed by atoms with Crippen LogP contribution in [0.3, 0.4) is 0 Å². The Bertz CT molecular complexity index is 836. The number of imidazole rings is 1. The Labute approximate surface area is 187 Å². The second-order valence-electron chi connectivity index (χ2n) is 7.73. The van der Waals surface area contributed by atoms with Crippen molar-refractivity contribution in [2.24, 2.45) is 0 Å². The van der Waals surface area contributed by atoms with Crippen LogP contribution in [0.2, 0.25) is 5.82 Å². The lowest BCUT2D eigenvalue weighted by molar-refractivity contribution is 0.0640. The lowest BCUT2D eigenvalue weighted by atomic mass is 9.34. The second kappa shape index (κ2) is 12.9. The Morgan fingerprint density at radius 3 is 1.87 bits per heavy atom. The third kappa shape index (κ3) is 7.18. The molecule has 0 saturated carbocycles. The van der Waals surface area contributed by atoms with Crippen LogP contribution in [0.5, 0.6) is 11.5 Å². The third-order valence-corrected chi connectivity index (χ3v) is 5.09. The summed E-state index contributed by atoms with van der Waals surface area (Å²) in [5, 5.41) is 0. The highest BCUT2D eigenvalue weighted by Crippen LogP contribution is 2.18. The molecule has 0 saturated heterocycles. The van der Waals surface area contributed by atoms with Gasteiger partial charge in [0.25, 0.3) is 0 Å². The molecule has 1 atom stereocenters. The van der Waals surface area contributed by atoms with Crippen molar-refractivity contribution in [1.82, 2.24) is 9.55 Å². The number of para-hydroxylation sites is 2. The van der Waals surface area contributed by atoms with E-state index in [1.54, 1.807) is 26.7 Å². The molecule has 0 fully saturated rings. The van der Waals surface area contributed by atoms with Crippen molar-refractivity contribution in [2.45, 2.75) is 46.2 Å². The molecule has 3 aromatic rings. The molecule has 0 aliphatic carbocycles. The summed E-state index contributed by atoms with van der Waals surface area (Å²) in [6.07, 6.45) is 5.79. The van der Waals surface area contributed by atoms with E-state index in [1.807, 2.05) is 42.0 Å². The first-order chi connectivity index (χ1) is 15.0. The zero-order valence-corrected chi connectivity index (χ0v) is 19.6. The van der Waals surface area contributed by atoms with Crippen LogP contribution < -0.4 is 20.4 Å². The van der Waals surface area contributed by atoms with Crippen LogP contribution in [0.1, 0.15) is 27.7 Å². The largest absolute Gasteiger partial charge is 0.497 e. The maximum Gasteiger partial charge on any atom is 0.221 e. The highest BCUT2D eigenvalue weighted by Gasteiger charge is 2.28. The standard InChI is InChI=1S/C17H21BO2.C8H14N2O/c1-13(2)18(14-9-5-7-11-16(14)19-3)15-10-6-8-12-17(15)20-4;1-3-11-8(2)6-10-5-4-9-7-10/h5-13H,1-4H3;4-5,7-8H,3,6H2,1-2H3. The summed E-state index contributed by atoms with van der Waals surface area (Å²) in [4.78, 5) is 3.94. The van der Waals surface area contributed by atoms with E-state index in [9.17, 15) is 0 Å². The Morgan fingerprint density at radius 2 is 1.45 bits per heavy atom. The number of benzene rings is 2. The monoisotopic (exact) mass is 422 g/mol. The molecule has 3 rings (SSSR count). The van der Waals surface area contributed by atoms with Gasteiger partial charge in [0.2, 0.25) is 6.71 Å². The lowest BCUT2D eigenvalue weighted by Gasteiger charge is -2.22. The van der Waals surface area contributed by atoms with Crippen LogP contribution >= 0.6 is 0 Å². The molecule has 1 heterocycles. The Balaban J connectivity index is 0.000000262. The van der Waals surface area contributed by atoms with Gasteiger partial charge in [-0.1, -0.05) is 56.1 Å². The number of aromatic nitrogens is 2. The molecule has 6 heteroatoms. The van der Waals surface area contributed by atoms with Crippen LogP contribution in [0, 0.1) is 0 Å². The van der Waals surface area contributed by atoms with Crippen molar-refractivity contribution in [1.29, 1.82) is 0 Å². The zero-order valence-electron chi connectivity index (χ0n) is 19.6. The molecule has 0 N–H and O–H groups in total. The molecule has 1 aromatic heterocycles. The molecular formula is C25H35BN2O3. The van der Waals surface area contributed by atoms with E-state index in [1.165, 1.54) is 10.9 Å². The third-order valence-electron chi connectivity index (χ3n) is 5.09. The van der Waals surface area contributed by atoms with Gasteiger partial charge in [-0.25, -0.2) is 4.98 Å². The molecule has 166 valence electrons. The molecule has 31 heavy (non-hydrogen) atoms. The summed E-state index contributed by atoms with van der Waals surface area (Å²) in [6.45, 7) is 10.4. The minimum Gasteiger partial charge on any atom is -0.497 e. The maximum absolute atomic E-state index is 5.53. The Hall–Kier alpha value is -2.73. The van der Waals surface area contributed by atoms with Gasteiger partial charge in [0.1, 0.15) is 11.5 Å². The zero-order chi connectivity index (χ0) is 22.6. The summed E-state index contributed by atoms with van der Waals surface area (Å²) >= 11 is 0. The Morgan fingerprint density at radius 1 is 0.903 bits per heavy atom. The van der Waals surface area contributed by atoms with Crippen molar-refractivity contribution in [3.8, 4) is 11.5 Å². The van der Waals surface area contributed by atoms with Crippen LogP contribution in [-0.2, 0) is 11.3 Å². The topological polar surface area (TPSA) is 45.5 Å². The second-order valence-corrected chi connectivity index (χ2v) is 7.73. The number of hydrogen-bond donors (Lipinski definition) is 0. The lowest BCUT2D eigenvalue weighted by Crippen LogP contribution is -2.45. The molecule has 5 nitrogen and oxygen atoms in total. The molecule has 0 aliphatic rings. The first kappa shape index (κ1) is 24.5. The number of nitrogens with zero attached hydrogens (tertiary/aromatic N) is 2. The predicted octanol–water partition coefficient (Wildman–Crippen LogP) is 4.03. The van der Waals surface area contributed by atoms with Gasteiger partial charge in [-0.15, -0.1) is 0 Å². The molecule has 0 bridgehead atoms. The van der Waals surface area contributed by atoms with E-state index in [0.717, 1.165) is 24.7 Å². The quantitative estimate of drug-likeness (QED) is 0.489. The molecule has 1 unspecified atom stereocenters. The van der Waals surface area contributed by atoms with Gasteiger partial charge in [-0.3, -0.25) is 0 Å². The highest BCUT2D eigenvalue weighted by molar-refractivity contribution is 6.87. The minimum absolute atomic E-state index is 0.252. The van der Waals surface area contributed by atoms with Crippen molar-refractivity contribution in [3.63, 3.8) is 0 Å². The summed E-state index contributed by atoms with van der Waals surface area (Å²) in [7, 11) is 3.44. The average Bonchev–Trinajstić information content (AvgIpc) is 3.28. The van der Waals surface area contributed by atoms with E-state index in [2.05, 4.69) is 50.0 Å². The smallest absolute Gasteiger partial charge is 0.221 e. The van der Waals surface area contributed by atoms with E-state index in [4.69, 9.17) is 14.2 Å². The van der Waals surface area contributed by atoms with E-state index in [-0.39, 0.29) is 12.8 Å². The van der Waals surface area contributed by atoms with Gasteiger partial charge < -0.3 is 18.8 Å². The molecular weight excluding hydrogens is 387 g/mol. The van der Waals surface area contributed by atoms with Crippen LogP contribution in [-0.4, -0.2) is 43.2 Å². The number of ether oxygens (including phenoxy) is 3. The van der Waals surface area contributed by atoms with Crippen LogP contribution in [0.15, 0.2) is 67.3 Å². The van der Waals surface area contributed by atoms with Crippen molar-refractivity contribution >= 4 is 17.6 Å². The fourth-order valence-electron chi connectivity index (χ4n) is 3.76. The van der Waals surface area contributed by atoms with E-state index >= 15 is 0 Å². The first-order valence-electron chi connectivity index (χ1n) is 10.8. The van der Waals surface area contributed by atoms with E-state index < -0.39 is 0 Å². The van der Waals surface area contributed by atoms with Gasteiger partial charge in [0, 0.05) is 25.5 Å². The molecule has 0 aliphatic heterocycles. The van der Waals surface area contributed by atoms with Gasteiger partial charge in [-0.2, -0.15) is 0 Å². The summed E-state index contributed by atoms with van der Waals surface area (Å²) in [5.41, 5.74) is 2.41. The summed E-state index contributed by atoms with van der Waals surface area (Å²) in [6, 6.07) is 16.4. The SMILES string of the molecule is CCOC(C)Cn1ccnc1.COc1ccccc1B(c1ccccc1OC)C(C)C. The minimum atomic E-state index is 0.252.